The predicted octanol–water partition coefficient (Wildman–Crippen LogP) is 0.0377. The molecular weight excluding hydrogens is 236 g/mol. The summed E-state index contributed by atoms with van der Waals surface area (Å²) in [7, 11) is 0. The number of hydrogen-bond donors (Lipinski definition) is 2. The van der Waals surface area contributed by atoms with Crippen molar-refractivity contribution in [1.29, 1.82) is 0 Å². The lowest BCUT2D eigenvalue weighted by Crippen LogP contribution is -2.41. The summed E-state index contributed by atoms with van der Waals surface area (Å²) < 4.78 is 1.44. The Kier molecular flexibility index (Phi) is 3.91. The number of carbonyl (C=O) groups is 2. The van der Waals surface area contributed by atoms with Gasteiger partial charge in [-0.3, -0.25) is 9.59 Å². The summed E-state index contributed by atoms with van der Waals surface area (Å²) in [6.45, 7) is 0.119. The highest BCUT2D eigenvalue weighted by molar-refractivity contribution is 5.76. The van der Waals surface area contributed by atoms with Gasteiger partial charge in [-0.2, -0.15) is 5.10 Å². The van der Waals surface area contributed by atoms with Gasteiger partial charge < -0.3 is 10.4 Å². The van der Waals surface area contributed by atoms with Crippen molar-refractivity contribution in [1.82, 2.24) is 20.1 Å². The van der Waals surface area contributed by atoms with E-state index in [9.17, 15) is 9.59 Å². The average molecular weight is 252 g/mol. The molecule has 18 heavy (non-hydrogen) atoms. The number of carboxylic acid groups (broad SMARTS) is 1. The molecule has 0 spiro atoms. The Bertz CT molecular complexity index is 418. The minimum atomic E-state index is -0.773. The van der Waals surface area contributed by atoms with Gasteiger partial charge in [-0.15, -0.1) is 0 Å². The Morgan fingerprint density at radius 3 is 2.94 bits per heavy atom. The van der Waals surface area contributed by atoms with Gasteiger partial charge in [0.05, 0.1) is 5.92 Å². The fourth-order valence-electron chi connectivity index (χ4n) is 2.28. The Hall–Kier alpha value is -1.92. The normalized spacial score (nSPS) is 23.6. The van der Waals surface area contributed by atoms with Gasteiger partial charge in [0.15, 0.2) is 0 Å². The summed E-state index contributed by atoms with van der Waals surface area (Å²) in [6.07, 6.45) is 5.73. The minimum Gasteiger partial charge on any atom is -0.481 e. The minimum absolute atomic E-state index is 0.0455. The molecule has 2 unspecified atom stereocenters. The maximum absolute atomic E-state index is 11.7. The van der Waals surface area contributed by atoms with Crippen molar-refractivity contribution in [3.63, 3.8) is 0 Å². The van der Waals surface area contributed by atoms with Crippen LogP contribution in [0.25, 0.3) is 0 Å². The highest BCUT2D eigenvalue weighted by Gasteiger charge is 2.27. The zero-order valence-corrected chi connectivity index (χ0v) is 9.95. The molecule has 7 heteroatoms. The summed E-state index contributed by atoms with van der Waals surface area (Å²) in [4.78, 5) is 26.4. The van der Waals surface area contributed by atoms with E-state index in [1.54, 1.807) is 0 Å². The highest BCUT2D eigenvalue weighted by Crippen LogP contribution is 2.24. The third-order valence-electron chi connectivity index (χ3n) is 3.16. The molecular formula is C11H16N4O3. The number of hydrogen-bond acceptors (Lipinski definition) is 4. The van der Waals surface area contributed by atoms with E-state index in [2.05, 4.69) is 15.4 Å². The standard InChI is InChI=1S/C11H16N4O3/c16-10(5-15-7-12-6-13-15)14-9-3-1-2-8(4-9)11(17)18/h6-9H,1-5H2,(H,14,16)(H,17,18). The molecule has 1 aromatic heterocycles. The third-order valence-corrected chi connectivity index (χ3v) is 3.16. The van der Waals surface area contributed by atoms with Gasteiger partial charge in [0, 0.05) is 6.04 Å². The zero-order chi connectivity index (χ0) is 13.0. The van der Waals surface area contributed by atoms with Gasteiger partial charge in [-0.05, 0) is 19.3 Å². The smallest absolute Gasteiger partial charge is 0.306 e. The molecule has 2 rings (SSSR count). The van der Waals surface area contributed by atoms with Crippen LogP contribution in [0.1, 0.15) is 25.7 Å². The Morgan fingerprint density at radius 2 is 2.28 bits per heavy atom. The summed E-state index contributed by atoms with van der Waals surface area (Å²) in [5, 5.41) is 15.7. The molecule has 1 amide bonds. The molecule has 1 aliphatic rings. The van der Waals surface area contributed by atoms with Gasteiger partial charge in [0.25, 0.3) is 0 Å². The van der Waals surface area contributed by atoms with E-state index in [0.717, 1.165) is 12.8 Å². The second kappa shape index (κ2) is 5.61. The van der Waals surface area contributed by atoms with Crippen LogP contribution in [0.3, 0.4) is 0 Å². The largest absolute Gasteiger partial charge is 0.481 e. The van der Waals surface area contributed by atoms with Gasteiger partial charge in [0.2, 0.25) is 5.91 Å². The number of nitrogens with one attached hydrogen (secondary N) is 1. The van der Waals surface area contributed by atoms with E-state index in [4.69, 9.17) is 5.11 Å². The quantitative estimate of drug-likeness (QED) is 0.788. The maximum Gasteiger partial charge on any atom is 0.306 e. The number of aromatic nitrogens is 3. The first-order valence-corrected chi connectivity index (χ1v) is 5.99. The van der Waals surface area contributed by atoms with Crippen LogP contribution in [-0.2, 0) is 16.1 Å². The van der Waals surface area contributed by atoms with Gasteiger partial charge >= 0.3 is 5.97 Å². The molecule has 7 nitrogen and oxygen atoms in total. The topological polar surface area (TPSA) is 97.1 Å². The number of rotatable bonds is 4. The summed E-state index contributed by atoms with van der Waals surface area (Å²) >= 11 is 0. The molecule has 0 radical (unpaired) electrons. The van der Waals surface area contributed by atoms with Crippen molar-refractivity contribution in [2.75, 3.05) is 0 Å². The number of nitrogens with zero attached hydrogens (tertiary/aromatic N) is 3. The van der Waals surface area contributed by atoms with Gasteiger partial charge in [-0.25, -0.2) is 9.67 Å². The first-order valence-electron chi connectivity index (χ1n) is 5.99. The molecule has 1 aliphatic carbocycles. The third kappa shape index (κ3) is 3.28. The Balaban J connectivity index is 1.81. The van der Waals surface area contributed by atoms with Crippen LogP contribution < -0.4 is 5.32 Å². The van der Waals surface area contributed by atoms with Crippen LogP contribution in [0.15, 0.2) is 12.7 Å². The lowest BCUT2D eigenvalue weighted by atomic mass is 9.86. The lowest BCUT2D eigenvalue weighted by Gasteiger charge is -2.27. The van der Waals surface area contributed by atoms with E-state index < -0.39 is 5.97 Å². The Morgan fingerprint density at radius 1 is 1.44 bits per heavy atom. The van der Waals surface area contributed by atoms with Gasteiger partial charge in [0.1, 0.15) is 19.2 Å². The van der Waals surface area contributed by atoms with Crippen LogP contribution in [0.4, 0.5) is 0 Å². The van der Waals surface area contributed by atoms with Crippen molar-refractivity contribution in [3.8, 4) is 0 Å². The molecule has 1 heterocycles. The molecule has 0 bridgehead atoms. The zero-order valence-electron chi connectivity index (χ0n) is 9.95. The summed E-state index contributed by atoms with van der Waals surface area (Å²) in [6, 6.07) is -0.0455. The highest BCUT2D eigenvalue weighted by atomic mass is 16.4. The monoisotopic (exact) mass is 252 g/mol. The molecule has 1 aromatic rings. The van der Waals surface area contributed by atoms with Crippen LogP contribution in [-0.4, -0.2) is 37.8 Å². The molecule has 1 fully saturated rings. The SMILES string of the molecule is O=C(Cn1cncn1)NC1CCCC(C(=O)O)C1. The van der Waals surface area contributed by atoms with Crippen LogP contribution in [0.2, 0.25) is 0 Å². The molecule has 2 N–H and O–H groups in total. The van der Waals surface area contributed by atoms with E-state index in [0.29, 0.717) is 12.8 Å². The van der Waals surface area contributed by atoms with E-state index in [-0.39, 0.29) is 24.4 Å². The van der Waals surface area contributed by atoms with Crippen molar-refractivity contribution >= 4 is 11.9 Å². The first-order chi connectivity index (χ1) is 8.65. The number of carbonyl (C=O) groups excluding carboxylic acids is 1. The van der Waals surface area contributed by atoms with Crippen molar-refractivity contribution in [3.05, 3.63) is 12.7 Å². The number of carboxylic acids is 1. The van der Waals surface area contributed by atoms with Crippen molar-refractivity contribution < 1.29 is 14.7 Å². The van der Waals surface area contributed by atoms with Gasteiger partial charge in [-0.1, -0.05) is 6.42 Å². The van der Waals surface area contributed by atoms with E-state index >= 15 is 0 Å². The Labute approximate surface area is 104 Å². The molecule has 1 saturated carbocycles. The second-order valence-electron chi connectivity index (χ2n) is 4.56. The second-order valence-corrected chi connectivity index (χ2v) is 4.56. The van der Waals surface area contributed by atoms with E-state index in [1.807, 2.05) is 0 Å². The lowest BCUT2D eigenvalue weighted by molar-refractivity contribution is -0.143. The average Bonchev–Trinajstić information content (AvgIpc) is 2.82. The molecule has 2 atom stereocenters. The van der Waals surface area contributed by atoms with Crippen molar-refractivity contribution in [2.45, 2.75) is 38.3 Å². The summed E-state index contributed by atoms with van der Waals surface area (Å²) in [5.41, 5.74) is 0. The summed E-state index contributed by atoms with van der Waals surface area (Å²) in [5.74, 6) is -1.27. The van der Waals surface area contributed by atoms with Crippen LogP contribution >= 0.6 is 0 Å². The number of aliphatic carboxylic acids is 1. The molecule has 0 aromatic carbocycles. The van der Waals surface area contributed by atoms with E-state index in [1.165, 1.54) is 17.3 Å². The molecule has 0 saturated heterocycles. The fourth-order valence-corrected chi connectivity index (χ4v) is 2.28. The number of amides is 1. The fraction of sp³-hybridized carbons (Fsp3) is 0.636. The first kappa shape index (κ1) is 12.5. The molecule has 98 valence electrons. The van der Waals surface area contributed by atoms with Crippen LogP contribution in [0, 0.1) is 5.92 Å². The van der Waals surface area contributed by atoms with Crippen molar-refractivity contribution in [2.24, 2.45) is 5.92 Å². The maximum atomic E-state index is 11.7. The molecule has 0 aliphatic heterocycles. The predicted molar refractivity (Wildman–Crippen MR) is 61.5 cm³/mol. The van der Waals surface area contributed by atoms with Crippen LogP contribution in [0.5, 0.6) is 0 Å².